The maximum atomic E-state index is 11.2. The van der Waals surface area contributed by atoms with Crippen LogP contribution in [0.5, 0.6) is 0 Å². The van der Waals surface area contributed by atoms with Crippen molar-refractivity contribution in [3.63, 3.8) is 0 Å². The Kier molecular flexibility index (Phi) is 4.13. The summed E-state index contributed by atoms with van der Waals surface area (Å²) in [5, 5.41) is 11.2. The maximum absolute atomic E-state index is 11.2. The highest BCUT2D eigenvalue weighted by atomic mass is 16.6. The van der Waals surface area contributed by atoms with Gasteiger partial charge in [0, 0.05) is 0 Å². The number of allylic oxidation sites excluding steroid dienone is 1. The molecule has 0 saturated heterocycles. The standard InChI is InChI=1S/C15H19NO2/c1-12-6-5-7-13(10-12)11-15(16(17)18)14-8-3-2-4-9-14/h2-4,8-9,11-13H,5-7,10H2,1H3. The summed E-state index contributed by atoms with van der Waals surface area (Å²) in [6.45, 7) is 2.23. The molecule has 1 aromatic rings. The van der Waals surface area contributed by atoms with Crippen molar-refractivity contribution in [1.82, 2.24) is 0 Å². The largest absolute Gasteiger partial charge is 0.272 e. The van der Waals surface area contributed by atoms with Crippen LogP contribution in [0.2, 0.25) is 0 Å². The molecule has 0 aliphatic heterocycles. The van der Waals surface area contributed by atoms with Crippen molar-refractivity contribution in [2.45, 2.75) is 32.6 Å². The first kappa shape index (κ1) is 12.8. The van der Waals surface area contributed by atoms with Crippen LogP contribution in [0.25, 0.3) is 5.70 Å². The molecule has 1 aromatic carbocycles. The van der Waals surface area contributed by atoms with Gasteiger partial charge in [0.05, 0.1) is 10.5 Å². The van der Waals surface area contributed by atoms with Gasteiger partial charge in [-0.3, -0.25) is 10.1 Å². The molecule has 0 heterocycles. The van der Waals surface area contributed by atoms with E-state index in [-0.39, 0.29) is 10.6 Å². The second-order valence-electron chi connectivity index (χ2n) is 5.21. The molecular weight excluding hydrogens is 226 g/mol. The van der Waals surface area contributed by atoms with Crippen molar-refractivity contribution in [2.24, 2.45) is 11.8 Å². The second-order valence-corrected chi connectivity index (χ2v) is 5.21. The van der Waals surface area contributed by atoms with Crippen molar-refractivity contribution in [3.05, 3.63) is 52.1 Å². The van der Waals surface area contributed by atoms with Gasteiger partial charge in [-0.2, -0.15) is 0 Å². The summed E-state index contributed by atoms with van der Waals surface area (Å²) in [6.07, 6.45) is 6.45. The van der Waals surface area contributed by atoms with E-state index in [0.29, 0.717) is 17.4 Å². The van der Waals surface area contributed by atoms with Crippen LogP contribution >= 0.6 is 0 Å². The molecule has 0 N–H and O–H groups in total. The van der Waals surface area contributed by atoms with Gasteiger partial charge in [0.2, 0.25) is 0 Å². The van der Waals surface area contributed by atoms with E-state index >= 15 is 0 Å². The van der Waals surface area contributed by atoms with Gasteiger partial charge in [-0.1, -0.05) is 38.0 Å². The fourth-order valence-electron chi connectivity index (χ4n) is 2.73. The lowest BCUT2D eigenvalue weighted by Crippen LogP contribution is -2.12. The Morgan fingerprint density at radius 2 is 2.06 bits per heavy atom. The Labute approximate surface area is 108 Å². The van der Waals surface area contributed by atoms with Gasteiger partial charge in [0.15, 0.2) is 0 Å². The van der Waals surface area contributed by atoms with Crippen LogP contribution in [0.3, 0.4) is 0 Å². The van der Waals surface area contributed by atoms with Crippen LogP contribution in [-0.4, -0.2) is 4.92 Å². The van der Waals surface area contributed by atoms with E-state index < -0.39 is 0 Å². The van der Waals surface area contributed by atoms with Crippen LogP contribution in [0.4, 0.5) is 0 Å². The van der Waals surface area contributed by atoms with E-state index in [4.69, 9.17) is 0 Å². The number of hydrogen-bond acceptors (Lipinski definition) is 2. The van der Waals surface area contributed by atoms with Gasteiger partial charge >= 0.3 is 0 Å². The molecule has 1 saturated carbocycles. The monoisotopic (exact) mass is 245 g/mol. The molecule has 96 valence electrons. The summed E-state index contributed by atoms with van der Waals surface area (Å²) in [5.74, 6) is 1.04. The third kappa shape index (κ3) is 3.19. The summed E-state index contributed by atoms with van der Waals surface area (Å²) >= 11 is 0. The molecule has 18 heavy (non-hydrogen) atoms. The third-order valence-electron chi connectivity index (χ3n) is 3.64. The summed E-state index contributed by atoms with van der Waals surface area (Å²) < 4.78 is 0. The Hall–Kier alpha value is -1.64. The molecule has 2 unspecified atom stereocenters. The van der Waals surface area contributed by atoms with E-state index in [0.717, 1.165) is 12.8 Å². The van der Waals surface area contributed by atoms with Crippen molar-refractivity contribution in [1.29, 1.82) is 0 Å². The third-order valence-corrected chi connectivity index (χ3v) is 3.64. The molecule has 1 aliphatic carbocycles. The van der Waals surface area contributed by atoms with Crippen molar-refractivity contribution in [2.75, 3.05) is 0 Å². The molecule has 1 aliphatic rings. The average molecular weight is 245 g/mol. The fourth-order valence-corrected chi connectivity index (χ4v) is 2.73. The molecule has 0 spiro atoms. The van der Waals surface area contributed by atoms with E-state index in [1.54, 1.807) is 12.1 Å². The molecule has 2 atom stereocenters. The van der Waals surface area contributed by atoms with Crippen LogP contribution in [0, 0.1) is 22.0 Å². The number of rotatable bonds is 3. The smallest absolute Gasteiger partial charge is 0.258 e. The Bertz CT molecular complexity index is 439. The van der Waals surface area contributed by atoms with Crippen molar-refractivity contribution in [3.8, 4) is 0 Å². The Morgan fingerprint density at radius 1 is 1.33 bits per heavy atom. The van der Waals surface area contributed by atoms with Crippen LogP contribution in [0.15, 0.2) is 36.4 Å². The van der Waals surface area contributed by atoms with Gasteiger partial charge in [-0.25, -0.2) is 0 Å². The zero-order valence-corrected chi connectivity index (χ0v) is 10.7. The summed E-state index contributed by atoms with van der Waals surface area (Å²) in [5.41, 5.74) is 0.968. The minimum absolute atomic E-state index is 0.255. The van der Waals surface area contributed by atoms with Crippen molar-refractivity contribution >= 4 is 5.70 Å². The van der Waals surface area contributed by atoms with E-state index in [1.165, 1.54) is 12.8 Å². The van der Waals surface area contributed by atoms with Gasteiger partial charge in [-0.05, 0) is 42.9 Å². The zero-order valence-electron chi connectivity index (χ0n) is 10.7. The molecule has 3 nitrogen and oxygen atoms in total. The summed E-state index contributed by atoms with van der Waals surface area (Å²) in [7, 11) is 0. The van der Waals surface area contributed by atoms with Gasteiger partial charge < -0.3 is 0 Å². The predicted molar refractivity (Wildman–Crippen MR) is 72.5 cm³/mol. The Morgan fingerprint density at radius 3 is 2.67 bits per heavy atom. The quantitative estimate of drug-likeness (QED) is 0.593. The molecule has 0 amide bonds. The van der Waals surface area contributed by atoms with E-state index in [9.17, 15) is 10.1 Å². The first-order valence-corrected chi connectivity index (χ1v) is 6.58. The molecule has 0 radical (unpaired) electrons. The average Bonchev–Trinajstić information content (AvgIpc) is 2.37. The normalized spacial score (nSPS) is 24.8. The lowest BCUT2D eigenvalue weighted by atomic mass is 9.82. The lowest BCUT2D eigenvalue weighted by Gasteiger charge is -2.23. The summed E-state index contributed by atoms with van der Waals surface area (Å²) in [6, 6.07) is 9.18. The first-order chi connectivity index (χ1) is 8.66. The van der Waals surface area contributed by atoms with Crippen molar-refractivity contribution < 1.29 is 4.92 Å². The lowest BCUT2D eigenvalue weighted by molar-refractivity contribution is -0.375. The van der Waals surface area contributed by atoms with Gasteiger partial charge in [0.25, 0.3) is 5.70 Å². The highest BCUT2D eigenvalue weighted by molar-refractivity contribution is 5.58. The number of nitrogens with zero attached hydrogens (tertiary/aromatic N) is 1. The first-order valence-electron chi connectivity index (χ1n) is 6.58. The molecule has 1 fully saturated rings. The number of hydrogen-bond donors (Lipinski definition) is 0. The summed E-state index contributed by atoms with van der Waals surface area (Å²) in [4.78, 5) is 10.9. The van der Waals surface area contributed by atoms with E-state index in [2.05, 4.69) is 6.92 Å². The van der Waals surface area contributed by atoms with Crippen LogP contribution in [0.1, 0.15) is 38.2 Å². The molecule has 0 bridgehead atoms. The number of benzene rings is 1. The van der Waals surface area contributed by atoms with Crippen LogP contribution < -0.4 is 0 Å². The van der Waals surface area contributed by atoms with Crippen LogP contribution in [-0.2, 0) is 0 Å². The predicted octanol–water partition coefficient (Wildman–Crippen LogP) is 4.13. The molecular formula is C15H19NO2. The van der Waals surface area contributed by atoms with E-state index in [1.807, 2.05) is 24.3 Å². The highest BCUT2D eigenvalue weighted by Crippen LogP contribution is 2.31. The molecule has 0 aromatic heterocycles. The van der Waals surface area contributed by atoms with Gasteiger partial charge in [0.1, 0.15) is 0 Å². The molecule has 3 heteroatoms. The SMILES string of the molecule is CC1CCCC(C=C(c2ccccc2)[N+](=O)[O-])C1. The topological polar surface area (TPSA) is 43.1 Å². The minimum atomic E-state index is -0.255. The van der Waals surface area contributed by atoms with Gasteiger partial charge in [-0.15, -0.1) is 0 Å². The fraction of sp³-hybridized carbons (Fsp3) is 0.467. The maximum Gasteiger partial charge on any atom is 0.272 e. The Balaban J connectivity index is 2.22. The molecule has 2 rings (SSSR count). The second kappa shape index (κ2) is 5.80. The number of nitro groups is 1. The highest BCUT2D eigenvalue weighted by Gasteiger charge is 2.22. The zero-order chi connectivity index (χ0) is 13.0. The minimum Gasteiger partial charge on any atom is -0.258 e.